The van der Waals surface area contributed by atoms with Crippen LogP contribution in [0.2, 0.25) is 0 Å². The number of allylic oxidation sites excluding steroid dienone is 1. The number of benzene rings is 2. The number of carbonyl (C=O) groups excluding carboxylic acids is 1. The van der Waals surface area contributed by atoms with Gasteiger partial charge in [0.2, 0.25) is 5.96 Å². The SMILES string of the molecule is CC1=C(C(=O)O)C(c2ccc(C#N)cc2Br)N(C(N)=O)C(=N)N1c1cccc(C(F)(F)F)c1. The summed E-state index contributed by atoms with van der Waals surface area (Å²) in [5.74, 6) is -2.10. The second kappa shape index (κ2) is 8.59. The van der Waals surface area contributed by atoms with E-state index in [2.05, 4.69) is 15.9 Å². The Morgan fingerprint density at radius 1 is 1.24 bits per heavy atom. The molecule has 2 amide bonds. The Balaban J connectivity index is 2.30. The molecule has 0 aromatic heterocycles. The molecular weight excluding hydrogens is 507 g/mol. The third-order valence-corrected chi connectivity index (χ3v) is 5.71. The Hall–Kier alpha value is -3.85. The zero-order valence-corrected chi connectivity index (χ0v) is 18.4. The number of carboxylic acid groups (broad SMARTS) is 1. The van der Waals surface area contributed by atoms with Crippen molar-refractivity contribution in [3.8, 4) is 6.07 Å². The van der Waals surface area contributed by atoms with E-state index in [1.165, 1.54) is 31.2 Å². The van der Waals surface area contributed by atoms with Crippen LogP contribution in [0.25, 0.3) is 0 Å². The summed E-state index contributed by atoms with van der Waals surface area (Å²) < 4.78 is 40.0. The third-order valence-electron chi connectivity index (χ3n) is 5.02. The third kappa shape index (κ3) is 4.27. The lowest BCUT2D eigenvalue weighted by Crippen LogP contribution is -2.55. The summed E-state index contributed by atoms with van der Waals surface area (Å²) in [6.45, 7) is 1.32. The van der Waals surface area contributed by atoms with Crippen molar-refractivity contribution in [2.45, 2.75) is 19.1 Å². The van der Waals surface area contributed by atoms with Crippen LogP contribution in [-0.4, -0.2) is 28.0 Å². The molecule has 0 spiro atoms. The van der Waals surface area contributed by atoms with E-state index in [4.69, 9.17) is 16.4 Å². The summed E-state index contributed by atoms with van der Waals surface area (Å²) in [7, 11) is 0. The van der Waals surface area contributed by atoms with E-state index in [0.717, 1.165) is 23.1 Å². The van der Waals surface area contributed by atoms with Gasteiger partial charge in [-0.2, -0.15) is 18.4 Å². The molecule has 4 N–H and O–H groups in total. The first-order valence-corrected chi connectivity index (χ1v) is 9.96. The number of carbonyl (C=O) groups is 2. The number of nitriles is 1. The number of nitrogens with one attached hydrogen (secondary N) is 1. The van der Waals surface area contributed by atoms with Gasteiger partial charge in [0.05, 0.1) is 22.8 Å². The number of urea groups is 1. The monoisotopic (exact) mass is 521 g/mol. The second-order valence-electron chi connectivity index (χ2n) is 6.97. The maximum Gasteiger partial charge on any atom is 0.416 e. The number of hydrogen-bond acceptors (Lipinski definition) is 4. The predicted octanol–water partition coefficient (Wildman–Crippen LogP) is 4.57. The van der Waals surface area contributed by atoms with E-state index < -0.39 is 35.7 Å². The molecule has 0 saturated heterocycles. The Kier molecular flexibility index (Phi) is 6.20. The lowest BCUT2D eigenvalue weighted by atomic mass is 9.92. The number of alkyl halides is 3. The standard InChI is InChI=1S/C21H15BrF3N5O3/c1-10-16(18(31)32)17(14-6-5-11(9-26)7-15(14)22)30(20(28)33)19(27)29(10)13-4-2-3-12(8-13)21(23,24)25/h2-8,17,27H,1H3,(H2,28,33)(H,31,32). The summed E-state index contributed by atoms with van der Waals surface area (Å²) in [5, 5.41) is 27.6. The number of primary amides is 1. The average Bonchev–Trinajstić information content (AvgIpc) is 2.72. The summed E-state index contributed by atoms with van der Waals surface area (Å²) in [6, 6.07) is 7.51. The lowest BCUT2D eigenvalue weighted by molar-refractivity contribution is -0.137. The molecule has 8 nitrogen and oxygen atoms in total. The largest absolute Gasteiger partial charge is 0.478 e. The van der Waals surface area contributed by atoms with Crippen molar-refractivity contribution in [2.75, 3.05) is 4.90 Å². The van der Waals surface area contributed by atoms with Crippen molar-refractivity contribution in [2.24, 2.45) is 5.73 Å². The number of halogens is 4. The summed E-state index contributed by atoms with van der Waals surface area (Å²) in [4.78, 5) is 26.2. The lowest BCUT2D eigenvalue weighted by Gasteiger charge is -2.42. The van der Waals surface area contributed by atoms with Crippen molar-refractivity contribution in [1.29, 1.82) is 10.7 Å². The Bertz CT molecular complexity index is 1250. The molecule has 2 aromatic rings. The van der Waals surface area contributed by atoms with Crippen LogP contribution in [0, 0.1) is 16.7 Å². The van der Waals surface area contributed by atoms with E-state index in [1.807, 2.05) is 6.07 Å². The minimum atomic E-state index is -4.68. The van der Waals surface area contributed by atoms with Gasteiger partial charge in [0.15, 0.2) is 0 Å². The Morgan fingerprint density at radius 2 is 1.91 bits per heavy atom. The number of nitrogens with zero attached hydrogens (tertiary/aromatic N) is 3. The number of nitrogens with two attached hydrogens (primary N) is 1. The van der Waals surface area contributed by atoms with Gasteiger partial charge in [-0.25, -0.2) is 9.59 Å². The molecule has 3 rings (SSSR count). The number of rotatable bonds is 3. The van der Waals surface area contributed by atoms with Crippen LogP contribution in [0.1, 0.15) is 29.7 Å². The van der Waals surface area contributed by atoms with Gasteiger partial charge in [-0.1, -0.05) is 28.1 Å². The van der Waals surface area contributed by atoms with Gasteiger partial charge in [0, 0.05) is 15.9 Å². The zero-order valence-electron chi connectivity index (χ0n) is 16.8. The van der Waals surface area contributed by atoms with Crippen LogP contribution in [0.4, 0.5) is 23.7 Å². The Labute approximate surface area is 193 Å². The number of guanidine groups is 1. The number of aliphatic carboxylic acids is 1. The fraction of sp³-hybridized carbons (Fsp3) is 0.143. The number of hydrogen-bond donors (Lipinski definition) is 3. The van der Waals surface area contributed by atoms with Crippen LogP contribution in [0.15, 0.2) is 58.2 Å². The molecule has 2 aromatic carbocycles. The summed E-state index contributed by atoms with van der Waals surface area (Å²) in [5.41, 5.74) is 4.32. The van der Waals surface area contributed by atoms with Crippen molar-refractivity contribution >= 4 is 39.6 Å². The summed E-state index contributed by atoms with van der Waals surface area (Å²) in [6.07, 6.45) is -4.68. The second-order valence-corrected chi connectivity index (χ2v) is 7.82. The first-order chi connectivity index (χ1) is 15.4. The first kappa shape index (κ1) is 23.8. The molecule has 12 heteroatoms. The normalized spacial score (nSPS) is 16.6. The van der Waals surface area contributed by atoms with E-state index in [9.17, 15) is 27.9 Å². The van der Waals surface area contributed by atoms with Crippen molar-refractivity contribution in [3.05, 3.63) is 74.9 Å². The fourth-order valence-corrected chi connectivity index (χ4v) is 4.19. The highest BCUT2D eigenvalue weighted by Gasteiger charge is 2.44. The molecule has 33 heavy (non-hydrogen) atoms. The van der Waals surface area contributed by atoms with Crippen molar-refractivity contribution in [1.82, 2.24) is 4.90 Å². The maximum atomic E-state index is 13.2. The molecule has 0 aliphatic carbocycles. The van der Waals surface area contributed by atoms with Crippen LogP contribution >= 0.6 is 15.9 Å². The minimum Gasteiger partial charge on any atom is -0.478 e. The van der Waals surface area contributed by atoms with E-state index in [-0.39, 0.29) is 32.6 Å². The number of carboxylic acids is 1. The molecule has 170 valence electrons. The molecule has 1 aliphatic heterocycles. The quantitative estimate of drug-likeness (QED) is 0.543. The molecule has 0 fully saturated rings. The van der Waals surface area contributed by atoms with E-state index in [0.29, 0.717) is 4.90 Å². The van der Waals surface area contributed by atoms with E-state index >= 15 is 0 Å². The predicted molar refractivity (Wildman–Crippen MR) is 115 cm³/mol. The minimum absolute atomic E-state index is 0.0782. The molecule has 0 radical (unpaired) electrons. The average molecular weight is 522 g/mol. The van der Waals surface area contributed by atoms with Gasteiger partial charge in [-0.05, 0) is 42.8 Å². The van der Waals surface area contributed by atoms with Crippen LogP contribution in [0.5, 0.6) is 0 Å². The van der Waals surface area contributed by atoms with Gasteiger partial charge < -0.3 is 10.8 Å². The van der Waals surface area contributed by atoms with Gasteiger partial charge in [-0.15, -0.1) is 0 Å². The van der Waals surface area contributed by atoms with Gasteiger partial charge in [0.1, 0.15) is 6.04 Å². The smallest absolute Gasteiger partial charge is 0.416 e. The molecule has 1 heterocycles. The van der Waals surface area contributed by atoms with Crippen LogP contribution in [-0.2, 0) is 11.0 Å². The zero-order chi connectivity index (χ0) is 24.7. The van der Waals surface area contributed by atoms with Crippen molar-refractivity contribution < 1.29 is 27.9 Å². The van der Waals surface area contributed by atoms with E-state index in [1.54, 1.807) is 0 Å². The Morgan fingerprint density at radius 3 is 2.42 bits per heavy atom. The highest BCUT2D eigenvalue weighted by molar-refractivity contribution is 9.10. The van der Waals surface area contributed by atoms with Gasteiger partial charge >= 0.3 is 18.2 Å². The van der Waals surface area contributed by atoms with Crippen molar-refractivity contribution in [3.63, 3.8) is 0 Å². The molecule has 0 bridgehead atoms. The number of amides is 2. The first-order valence-electron chi connectivity index (χ1n) is 9.16. The fourth-order valence-electron chi connectivity index (χ4n) is 3.59. The maximum absolute atomic E-state index is 13.2. The molecule has 1 unspecified atom stereocenters. The highest BCUT2D eigenvalue weighted by atomic mass is 79.9. The molecule has 1 atom stereocenters. The van der Waals surface area contributed by atoms with Gasteiger partial charge in [-0.3, -0.25) is 15.2 Å². The van der Waals surface area contributed by atoms with Gasteiger partial charge in [0.25, 0.3) is 0 Å². The van der Waals surface area contributed by atoms with Crippen LogP contribution < -0.4 is 10.6 Å². The molecular formula is C21H15BrF3N5O3. The summed E-state index contributed by atoms with van der Waals surface area (Å²) >= 11 is 3.25. The molecule has 0 saturated carbocycles. The topological polar surface area (TPSA) is 135 Å². The highest BCUT2D eigenvalue weighted by Crippen LogP contribution is 2.42. The molecule has 1 aliphatic rings. The van der Waals surface area contributed by atoms with Crippen LogP contribution in [0.3, 0.4) is 0 Å². The number of anilines is 1.